The van der Waals surface area contributed by atoms with Gasteiger partial charge in [0.1, 0.15) is 0 Å². The highest BCUT2D eigenvalue weighted by atomic mass is 19.4. The molecule has 0 spiro atoms. The van der Waals surface area contributed by atoms with Crippen molar-refractivity contribution in [2.45, 2.75) is 50.7 Å². The van der Waals surface area contributed by atoms with Crippen LogP contribution in [0.2, 0.25) is 0 Å². The van der Waals surface area contributed by atoms with Gasteiger partial charge in [-0.2, -0.15) is 13.2 Å². The van der Waals surface area contributed by atoms with Crippen molar-refractivity contribution in [3.05, 3.63) is 35.4 Å². The van der Waals surface area contributed by atoms with Crippen molar-refractivity contribution in [2.24, 2.45) is 5.92 Å². The van der Waals surface area contributed by atoms with E-state index in [1.54, 1.807) is 12.1 Å². The predicted molar refractivity (Wildman–Crippen MR) is 74.4 cm³/mol. The lowest BCUT2D eigenvalue weighted by molar-refractivity contribution is -0.137. The molecule has 0 amide bonds. The van der Waals surface area contributed by atoms with Crippen molar-refractivity contribution in [3.8, 4) is 0 Å². The summed E-state index contributed by atoms with van der Waals surface area (Å²) in [6.07, 6.45) is 3.07. The number of halogens is 3. The molecule has 0 saturated heterocycles. The van der Waals surface area contributed by atoms with Crippen LogP contribution in [-0.2, 0) is 6.18 Å². The summed E-state index contributed by atoms with van der Waals surface area (Å²) in [5.41, 5.74) is 0.393. The van der Waals surface area contributed by atoms with Crippen LogP contribution < -0.4 is 5.32 Å². The molecule has 1 aliphatic carbocycles. The minimum Gasteiger partial charge on any atom is -0.313 e. The second-order valence-corrected chi connectivity index (χ2v) is 5.64. The molecule has 1 unspecified atom stereocenters. The lowest BCUT2D eigenvalue weighted by Crippen LogP contribution is -2.25. The molecule has 0 heterocycles. The van der Waals surface area contributed by atoms with Crippen LogP contribution in [0.3, 0.4) is 0 Å². The molecular weight excluding hydrogens is 263 g/mol. The van der Waals surface area contributed by atoms with Crippen LogP contribution in [-0.4, -0.2) is 7.05 Å². The molecule has 1 N–H and O–H groups in total. The van der Waals surface area contributed by atoms with E-state index in [0.29, 0.717) is 5.92 Å². The molecule has 1 fully saturated rings. The minimum atomic E-state index is -4.25. The SMILES string of the molecule is CNC(c1ccc(C(F)(F)F)cc1)C1CCCCCC1. The topological polar surface area (TPSA) is 12.0 Å². The van der Waals surface area contributed by atoms with E-state index in [4.69, 9.17) is 0 Å². The highest BCUT2D eigenvalue weighted by Gasteiger charge is 2.30. The van der Waals surface area contributed by atoms with Gasteiger partial charge in [-0.3, -0.25) is 0 Å². The molecule has 1 aromatic rings. The van der Waals surface area contributed by atoms with Gasteiger partial charge < -0.3 is 5.32 Å². The highest BCUT2D eigenvalue weighted by molar-refractivity contribution is 5.27. The number of nitrogens with one attached hydrogen (secondary N) is 1. The summed E-state index contributed by atoms with van der Waals surface area (Å²) in [6.45, 7) is 0. The van der Waals surface area contributed by atoms with Gasteiger partial charge in [0.2, 0.25) is 0 Å². The maximum atomic E-state index is 12.6. The lowest BCUT2D eigenvalue weighted by Gasteiger charge is -2.26. The van der Waals surface area contributed by atoms with Gasteiger partial charge in [0, 0.05) is 6.04 Å². The normalized spacial score (nSPS) is 19.6. The molecule has 1 saturated carbocycles. The zero-order valence-electron chi connectivity index (χ0n) is 11.8. The van der Waals surface area contributed by atoms with Gasteiger partial charge in [0.05, 0.1) is 5.56 Å². The van der Waals surface area contributed by atoms with Gasteiger partial charge in [-0.1, -0.05) is 37.8 Å². The zero-order valence-corrected chi connectivity index (χ0v) is 11.8. The summed E-state index contributed by atoms with van der Waals surface area (Å²) >= 11 is 0. The molecule has 0 radical (unpaired) electrons. The van der Waals surface area contributed by atoms with Crippen LogP contribution in [0.25, 0.3) is 0 Å². The van der Waals surface area contributed by atoms with E-state index >= 15 is 0 Å². The zero-order chi connectivity index (χ0) is 14.6. The molecule has 112 valence electrons. The van der Waals surface area contributed by atoms with Crippen molar-refractivity contribution < 1.29 is 13.2 Å². The smallest absolute Gasteiger partial charge is 0.313 e. The number of benzene rings is 1. The van der Waals surface area contributed by atoms with E-state index in [-0.39, 0.29) is 6.04 Å². The summed E-state index contributed by atoms with van der Waals surface area (Å²) in [6, 6.07) is 5.78. The Kier molecular flexibility index (Phi) is 5.08. The van der Waals surface area contributed by atoms with Gasteiger partial charge in [-0.05, 0) is 43.5 Å². The number of rotatable bonds is 3. The molecule has 20 heavy (non-hydrogen) atoms. The van der Waals surface area contributed by atoms with E-state index in [1.165, 1.54) is 37.8 Å². The number of hydrogen-bond acceptors (Lipinski definition) is 1. The summed E-state index contributed by atoms with van der Waals surface area (Å²) < 4.78 is 37.8. The molecule has 0 aliphatic heterocycles. The van der Waals surface area contributed by atoms with Crippen molar-refractivity contribution in [1.29, 1.82) is 0 Å². The Bertz CT molecular complexity index is 403. The fourth-order valence-electron chi connectivity index (χ4n) is 3.20. The average molecular weight is 285 g/mol. The molecule has 2 rings (SSSR count). The van der Waals surface area contributed by atoms with Crippen molar-refractivity contribution in [3.63, 3.8) is 0 Å². The quantitative estimate of drug-likeness (QED) is 0.776. The first-order chi connectivity index (χ1) is 9.52. The second-order valence-electron chi connectivity index (χ2n) is 5.64. The van der Waals surface area contributed by atoms with Crippen LogP contribution in [0.1, 0.15) is 55.7 Å². The van der Waals surface area contributed by atoms with E-state index in [0.717, 1.165) is 18.4 Å². The molecule has 4 heteroatoms. The summed E-state index contributed by atoms with van der Waals surface area (Å²) in [5, 5.41) is 3.29. The van der Waals surface area contributed by atoms with Gasteiger partial charge in [0.25, 0.3) is 0 Å². The van der Waals surface area contributed by atoms with Crippen LogP contribution in [0.4, 0.5) is 13.2 Å². The van der Waals surface area contributed by atoms with Crippen LogP contribution in [0.15, 0.2) is 24.3 Å². The molecular formula is C16H22F3N. The Balaban J connectivity index is 2.14. The maximum Gasteiger partial charge on any atom is 0.416 e. The van der Waals surface area contributed by atoms with Gasteiger partial charge in [0.15, 0.2) is 0 Å². The Hall–Kier alpha value is -1.03. The Labute approximate surface area is 118 Å². The van der Waals surface area contributed by atoms with Crippen molar-refractivity contribution >= 4 is 0 Å². The highest BCUT2D eigenvalue weighted by Crippen LogP contribution is 2.35. The largest absolute Gasteiger partial charge is 0.416 e. The average Bonchev–Trinajstić information content (AvgIpc) is 2.68. The van der Waals surface area contributed by atoms with Crippen LogP contribution in [0.5, 0.6) is 0 Å². The number of alkyl halides is 3. The van der Waals surface area contributed by atoms with E-state index < -0.39 is 11.7 Å². The molecule has 0 bridgehead atoms. The van der Waals surface area contributed by atoms with Crippen molar-refractivity contribution in [1.82, 2.24) is 5.32 Å². The Morgan fingerprint density at radius 2 is 1.55 bits per heavy atom. The first-order valence-corrected chi connectivity index (χ1v) is 7.37. The lowest BCUT2D eigenvalue weighted by atomic mass is 9.87. The Morgan fingerprint density at radius 3 is 2.00 bits per heavy atom. The number of hydrogen-bond donors (Lipinski definition) is 1. The summed E-state index contributed by atoms with van der Waals surface area (Å²) in [4.78, 5) is 0. The Morgan fingerprint density at radius 1 is 1.00 bits per heavy atom. The predicted octanol–water partition coefficient (Wildman–Crippen LogP) is 4.94. The molecule has 1 aromatic carbocycles. The molecule has 1 atom stereocenters. The van der Waals surface area contributed by atoms with Crippen LogP contribution in [0, 0.1) is 5.92 Å². The van der Waals surface area contributed by atoms with Crippen LogP contribution >= 0.6 is 0 Å². The first-order valence-electron chi connectivity index (χ1n) is 7.37. The van der Waals surface area contributed by atoms with Gasteiger partial charge in [-0.15, -0.1) is 0 Å². The van der Waals surface area contributed by atoms with Crippen molar-refractivity contribution in [2.75, 3.05) is 7.05 Å². The maximum absolute atomic E-state index is 12.6. The molecule has 0 aromatic heterocycles. The molecule has 1 aliphatic rings. The fraction of sp³-hybridized carbons (Fsp3) is 0.625. The van der Waals surface area contributed by atoms with Gasteiger partial charge >= 0.3 is 6.18 Å². The van der Waals surface area contributed by atoms with Gasteiger partial charge in [-0.25, -0.2) is 0 Å². The van der Waals surface area contributed by atoms with E-state index in [2.05, 4.69) is 5.32 Å². The molecule has 1 nitrogen and oxygen atoms in total. The summed E-state index contributed by atoms with van der Waals surface area (Å²) in [5.74, 6) is 0.527. The van der Waals surface area contributed by atoms with E-state index in [1.807, 2.05) is 7.05 Å². The second kappa shape index (κ2) is 6.61. The standard InChI is InChI=1S/C16H22F3N/c1-20-15(12-6-4-2-3-5-7-12)13-8-10-14(11-9-13)16(17,18)19/h8-12,15,20H,2-7H2,1H3. The first kappa shape index (κ1) is 15.4. The van der Waals surface area contributed by atoms with E-state index in [9.17, 15) is 13.2 Å². The monoisotopic (exact) mass is 285 g/mol. The third-order valence-corrected chi connectivity index (χ3v) is 4.28. The summed E-state index contributed by atoms with van der Waals surface area (Å²) in [7, 11) is 1.90. The fourth-order valence-corrected chi connectivity index (χ4v) is 3.20. The minimum absolute atomic E-state index is 0.162. The third-order valence-electron chi connectivity index (χ3n) is 4.28. The third kappa shape index (κ3) is 3.75.